The molecule has 0 aliphatic heterocycles. The van der Waals surface area contributed by atoms with Crippen LogP contribution in [0.25, 0.3) is 0 Å². The minimum atomic E-state index is -5.23. The Kier molecular flexibility index (Phi) is 8.22. The number of nitrogens with one attached hydrogen (secondary N) is 1. The number of hydrogen-bond acceptors (Lipinski definition) is 7. The maximum absolute atomic E-state index is 14.6. The van der Waals surface area contributed by atoms with Gasteiger partial charge >= 0.3 is 18.5 Å². The van der Waals surface area contributed by atoms with Gasteiger partial charge in [-0.2, -0.15) is 17.6 Å². The highest BCUT2D eigenvalue weighted by Crippen LogP contribution is 2.43. The second-order valence-electron chi connectivity index (χ2n) is 7.54. The Bertz CT molecular complexity index is 1410. The fourth-order valence-corrected chi connectivity index (χ4v) is 3.40. The first-order valence-electron chi connectivity index (χ1n) is 10.5. The van der Waals surface area contributed by atoms with Crippen molar-refractivity contribution in [2.75, 3.05) is 19.5 Å². The normalized spacial score (nSPS) is 11.5. The van der Waals surface area contributed by atoms with Crippen molar-refractivity contribution >= 4 is 17.7 Å². The molecule has 3 rings (SSSR count). The van der Waals surface area contributed by atoms with Crippen molar-refractivity contribution in [2.45, 2.75) is 19.5 Å². The van der Waals surface area contributed by atoms with E-state index in [1.54, 1.807) is 0 Å². The predicted octanol–water partition coefficient (Wildman–Crippen LogP) is 6.29. The second kappa shape index (κ2) is 11.0. The van der Waals surface area contributed by atoms with Crippen LogP contribution in [0.15, 0.2) is 42.6 Å². The van der Waals surface area contributed by atoms with Gasteiger partial charge in [0, 0.05) is 6.20 Å². The van der Waals surface area contributed by atoms with Crippen LogP contribution in [0.4, 0.5) is 36.6 Å². The van der Waals surface area contributed by atoms with Gasteiger partial charge in [-0.15, -0.1) is 13.2 Å². The van der Waals surface area contributed by atoms with E-state index in [4.69, 9.17) is 9.47 Å². The standard InChI is InChI=1S/C24H17F7N2O6/c1-11-13(23(26,27)28)4-5-14(18(11)21(34)33-17-10-12(8-9-32-17)22(35)37-3)38-16-7-6-15(39-24(29,30)31)19(25)20(16)36-2/h4-10H,1-3H3,(H,32,33,34). The molecule has 1 heterocycles. The average Bonchev–Trinajstić information content (AvgIpc) is 2.84. The van der Waals surface area contributed by atoms with Gasteiger partial charge in [-0.3, -0.25) is 4.79 Å². The first kappa shape index (κ1) is 29.0. The van der Waals surface area contributed by atoms with Crippen LogP contribution in [0.5, 0.6) is 23.0 Å². The SMILES string of the molecule is COC(=O)c1ccnc(NC(=O)c2c(Oc3ccc(OC(F)(F)F)c(F)c3OC)ccc(C(F)(F)F)c2C)c1. The van der Waals surface area contributed by atoms with E-state index in [-0.39, 0.29) is 11.4 Å². The Labute approximate surface area is 215 Å². The molecule has 0 saturated heterocycles. The number of rotatable bonds is 7. The molecule has 0 saturated carbocycles. The molecule has 1 aromatic heterocycles. The quantitative estimate of drug-likeness (QED) is 0.267. The van der Waals surface area contributed by atoms with Crippen LogP contribution >= 0.6 is 0 Å². The number of ether oxygens (including phenoxy) is 4. The summed E-state index contributed by atoms with van der Waals surface area (Å²) in [6, 6.07) is 5.09. The fraction of sp³-hybridized carbons (Fsp3) is 0.208. The number of nitrogens with zero attached hydrogens (tertiary/aromatic N) is 1. The molecule has 0 fully saturated rings. The number of carbonyl (C=O) groups is 2. The molecular weight excluding hydrogens is 545 g/mol. The lowest BCUT2D eigenvalue weighted by Crippen LogP contribution is -2.19. The molecule has 15 heteroatoms. The fourth-order valence-electron chi connectivity index (χ4n) is 3.40. The molecule has 3 aromatic rings. The van der Waals surface area contributed by atoms with E-state index in [9.17, 15) is 40.3 Å². The minimum Gasteiger partial charge on any atom is -0.490 e. The van der Waals surface area contributed by atoms with Crippen molar-refractivity contribution in [1.29, 1.82) is 0 Å². The Balaban J connectivity index is 2.08. The van der Waals surface area contributed by atoms with Gasteiger partial charge in [0.2, 0.25) is 11.6 Å². The number of benzene rings is 2. The number of alkyl halides is 6. The summed E-state index contributed by atoms with van der Waals surface area (Å²) in [6.07, 6.45) is -8.99. The molecule has 0 aliphatic rings. The lowest BCUT2D eigenvalue weighted by Gasteiger charge is -2.19. The van der Waals surface area contributed by atoms with Gasteiger partial charge < -0.3 is 24.3 Å². The van der Waals surface area contributed by atoms with Crippen molar-refractivity contribution in [3.05, 3.63) is 70.7 Å². The smallest absolute Gasteiger partial charge is 0.490 e. The van der Waals surface area contributed by atoms with E-state index in [1.807, 2.05) is 0 Å². The number of esters is 1. The molecule has 2 aromatic carbocycles. The molecule has 1 amide bonds. The summed E-state index contributed by atoms with van der Waals surface area (Å²) in [6.45, 7) is 0.973. The van der Waals surface area contributed by atoms with Crippen molar-refractivity contribution in [1.82, 2.24) is 4.98 Å². The molecule has 8 nitrogen and oxygen atoms in total. The number of anilines is 1. The number of carbonyl (C=O) groups excluding carboxylic acids is 2. The highest BCUT2D eigenvalue weighted by molar-refractivity contribution is 6.07. The van der Waals surface area contributed by atoms with Crippen LogP contribution in [-0.2, 0) is 10.9 Å². The molecule has 1 N–H and O–H groups in total. The molecular formula is C24H17F7N2O6. The van der Waals surface area contributed by atoms with Crippen LogP contribution in [-0.4, -0.2) is 37.4 Å². The largest absolute Gasteiger partial charge is 0.573 e. The molecule has 0 bridgehead atoms. The van der Waals surface area contributed by atoms with Crippen LogP contribution in [0.1, 0.15) is 31.8 Å². The molecule has 0 spiro atoms. The second-order valence-corrected chi connectivity index (χ2v) is 7.54. The lowest BCUT2D eigenvalue weighted by molar-refractivity contribution is -0.275. The number of hydrogen-bond donors (Lipinski definition) is 1. The van der Waals surface area contributed by atoms with Crippen LogP contribution in [0.2, 0.25) is 0 Å². The first-order valence-corrected chi connectivity index (χ1v) is 10.5. The highest BCUT2D eigenvalue weighted by Gasteiger charge is 2.36. The van der Waals surface area contributed by atoms with E-state index in [2.05, 4.69) is 19.8 Å². The van der Waals surface area contributed by atoms with Crippen LogP contribution in [0.3, 0.4) is 0 Å². The zero-order valence-electron chi connectivity index (χ0n) is 20.1. The number of amides is 1. The van der Waals surface area contributed by atoms with Crippen molar-refractivity contribution in [2.24, 2.45) is 0 Å². The van der Waals surface area contributed by atoms with Crippen molar-refractivity contribution in [3.8, 4) is 23.0 Å². The Morgan fingerprint density at radius 1 is 0.923 bits per heavy atom. The summed E-state index contributed by atoms with van der Waals surface area (Å²) in [5.41, 5.74) is -2.50. The zero-order chi connectivity index (χ0) is 29.1. The molecule has 208 valence electrons. The summed E-state index contributed by atoms with van der Waals surface area (Å²) in [5, 5.41) is 2.24. The third-order valence-corrected chi connectivity index (χ3v) is 5.06. The summed E-state index contributed by atoms with van der Waals surface area (Å²) in [5.74, 6) is -7.06. The molecule has 0 radical (unpaired) electrons. The number of halogens is 7. The van der Waals surface area contributed by atoms with Gasteiger partial charge in [0.25, 0.3) is 5.91 Å². The number of pyridine rings is 1. The number of methoxy groups -OCH3 is 2. The monoisotopic (exact) mass is 562 g/mol. The van der Waals surface area contributed by atoms with Crippen LogP contribution < -0.4 is 19.5 Å². The van der Waals surface area contributed by atoms with Gasteiger partial charge in [-0.05, 0) is 48.9 Å². The summed E-state index contributed by atoms with van der Waals surface area (Å²) < 4.78 is 112. The predicted molar refractivity (Wildman–Crippen MR) is 119 cm³/mol. The summed E-state index contributed by atoms with van der Waals surface area (Å²) in [4.78, 5) is 28.7. The zero-order valence-corrected chi connectivity index (χ0v) is 20.1. The molecule has 0 atom stereocenters. The molecule has 0 aliphatic carbocycles. The van der Waals surface area contributed by atoms with Gasteiger partial charge in [0.1, 0.15) is 11.6 Å². The Hall–Kier alpha value is -4.56. The van der Waals surface area contributed by atoms with Gasteiger partial charge in [0.15, 0.2) is 11.5 Å². The van der Waals surface area contributed by atoms with Crippen LogP contribution in [0, 0.1) is 12.7 Å². The summed E-state index contributed by atoms with van der Waals surface area (Å²) >= 11 is 0. The van der Waals surface area contributed by atoms with Crippen molar-refractivity contribution < 1.29 is 59.3 Å². The van der Waals surface area contributed by atoms with E-state index < -0.39 is 69.9 Å². The van der Waals surface area contributed by atoms with Gasteiger partial charge in [-0.1, -0.05) is 0 Å². The highest BCUT2D eigenvalue weighted by atomic mass is 19.4. The third-order valence-electron chi connectivity index (χ3n) is 5.06. The minimum absolute atomic E-state index is 0.0265. The Morgan fingerprint density at radius 3 is 2.15 bits per heavy atom. The summed E-state index contributed by atoms with van der Waals surface area (Å²) in [7, 11) is 2.00. The van der Waals surface area contributed by atoms with Crippen molar-refractivity contribution in [3.63, 3.8) is 0 Å². The van der Waals surface area contributed by atoms with E-state index in [0.717, 1.165) is 45.5 Å². The molecule has 39 heavy (non-hydrogen) atoms. The van der Waals surface area contributed by atoms with Gasteiger partial charge in [-0.25, -0.2) is 9.78 Å². The maximum Gasteiger partial charge on any atom is 0.573 e. The van der Waals surface area contributed by atoms with E-state index >= 15 is 0 Å². The first-order chi connectivity index (χ1) is 18.2. The Morgan fingerprint density at radius 2 is 1.56 bits per heavy atom. The topological polar surface area (TPSA) is 96.0 Å². The molecule has 0 unspecified atom stereocenters. The number of aromatic nitrogens is 1. The average molecular weight is 562 g/mol. The third kappa shape index (κ3) is 6.66. The lowest BCUT2D eigenvalue weighted by atomic mass is 10.00. The maximum atomic E-state index is 14.6. The van der Waals surface area contributed by atoms with Gasteiger partial charge in [0.05, 0.1) is 30.9 Å². The van der Waals surface area contributed by atoms with E-state index in [0.29, 0.717) is 12.1 Å². The van der Waals surface area contributed by atoms with E-state index in [1.165, 1.54) is 6.07 Å².